The number of nitrogens with zero attached hydrogens (tertiary/aromatic N) is 3. The summed E-state index contributed by atoms with van der Waals surface area (Å²) >= 11 is 0. The molecule has 2 heterocycles. The van der Waals surface area contributed by atoms with Gasteiger partial charge in [0.1, 0.15) is 5.69 Å². The zero-order chi connectivity index (χ0) is 12.8. The van der Waals surface area contributed by atoms with Crippen molar-refractivity contribution < 1.29 is 18.0 Å². The molecule has 0 N–H and O–H groups in total. The summed E-state index contributed by atoms with van der Waals surface area (Å²) in [6.45, 7) is 2.28. The van der Waals surface area contributed by atoms with E-state index in [1.165, 1.54) is 6.92 Å². The topological polar surface area (TPSA) is 38.1 Å². The highest BCUT2D eigenvalue weighted by Crippen LogP contribution is 2.32. The third kappa shape index (κ3) is 2.06. The van der Waals surface area contributed by atoms with Crippen molar-refractivity contribution in [3.05, 3.63) is 17.2 Å². The Balaban J connectivity index is 2.58. The van der Waals surface area contributed by atoms with Crippen LogP contribution in [-0.4, -0.2) is 33.8 Å². The molecule has 94 valence electrons. The van der Waals surface area contributed by atoms with E-state index in [9.17, 15) is 18.0 Å². The first-order valence-corrected chi connectivity index (χ1v) is 5.16. The smallest absolute Gasteiger partial charge is 0.321 e. The molecule has 0 amide bonds. The standard InChI is InChI=1S/C10H12F3N3O/c1-6(17)8-7-5-15(2)3-4-16(7)9(14-8)10(11,12)13/h3-5H2,1-2H3. The average molecular weight is 247 g/mol. The van der Waals surface area contributed by atoms with Gasteiger partial charge in [0, 0.05) is 26.6 Å². The van der Waals surface area contributed by atoms with Gasteiger partial charge in [0.05, 0.1) is 5.69 Å². The monoisotopic (exact) mass is 247 g/mol. The van der Waals surface area contributed by atoms with E-state index in [1.54, 1.807) is 7.05 Å². The molecule has 0 bridgehead atoms. The fourth-order valence-corrected chi connectivity index (χ4v) is 1.99. The Kier molecular flexibility index (Phi) is 2.73. The molecule has 0 aromatic carbocycles. The molecule has 1 aliphatic rings. The second-order valence-electron chi connectivity index (χ2n) is 4.17. The van der Waals surface area contributed by atoms with Crippen molar-refractivity contribution in [2.75, 3.05) is 13.6 Å². The van der Waals surface area contributed by atoms with Gasteiger partial charge in [-0.05, 0) is 7.05 Å². The molecule has 0 saturated carbocycles. The predicted molar refractivity (Wildman–Crippen MR) is 53.6 cm³/mol. The lowest BCUT2D eigenvalue weighted by Gasteiger charge is -2.25. The second kappa shape index (κ2) is 3.83. The van der Waals surface area contributed by atoms with Gasteiger partial charge in [0.25, 0.3) is 0 Å². The first kappa shape index (κ1) is 12.1. The summed E-state index contributed by atoms with van der Waals surface area (Å²) in [6, 6.07) is 0. The number of rotatable bonds is 1. The van der Waals surface area contributed by atoms with Crippen molar-refractivity contribution in [1.29, 1.82) is 0 Å². The number of Topliss-reactive ketones (excluding diaryl/α,β-unsaturated/α-hetero) is 1. The summed E-state index contributed by atoms with van der Waals surface area (Å²) in [7, 11) is 1.80. The maximum absolute atomic E-state index is 12.7. The minimum absolute atomic E-state index is 0.0659. The Morgan fingerprint density at radius 3 is 2.53 bits per heavy atom. The number of halogens is 3. The molecule has 0 fully saturated rings. The van der Waals surface area contributed by atoms with Gasteiger partial charge in [0.15, 0.2) is 5.78 Å². The SMILES string of the molecule is CC(=O)c1nc(C(F)(F)F)n2c1CN(C)CC2. The van der Waals surface area contributed by atoms with E-state index in [1.807, 2.05) is 4.90 Å². The van der Waals surface area contributed by atoms with Gasteiger partial charge in [-0.25, -0.2) is 4.98 Å². The Labute approximate surface area is 96.0 Å². The highest BCUT2D eigenvalue weighted by atomic mass is 19.4. The first-order valence-electron chi connectivity index (χ1n) is 5.16. The van der Waals surface area contributed by atoms with E-state index in [0.717, 1.165) is 4.57 Å². The maximum atomic E-state index is 12.7. The van der Waals surface area contributed by atoms with Crippen molar-refractivity contribution in [3.8, 4) is 0 Å². The number of hydrogen-bond donors (Lipinski definition) is 0. The van der Waals surface area contributed by atoms with Crippen LogP contribution in [0.2, 0.25) is 0 Å². The molecule has 4 nitrogen and oxygen atoms in total. The van der Waals surface area contributed by atoms with Crippen LogP contribution in [0.1, 0.15) is 28.9 Å². The van der Waals surface area contributed by atoms with Crippen molar-refractivity contribution in [3.63, 3.8) is 0 Å². The van der Waals surface area contributed by atoms with E-state index in [-0.39, 0.29) is 12.2 Å². The minimum Gasteiger partial charge on any atom is -0.321 e. The highest BCUT2D eigenvalue weighted by molar-refractivity contribution is 5.93. The molecule has 17 heavy (non-hydrogen) atoms. The quantitative estimate of drug-likeness (QED) is 0.707. The highest BCUT2D eigenvalue weighted by Gasteiger charge is 2.40. The number of imidazole rings is 1. The van der Waals surface area contributed by atoms with Crippen LogP contribution >= 0.6 is 0 Å². The summed E-state index contributed by atoms with van der Waals surface area (Å²) in [5, 5.41) is 0. The van der Waals surface area contributed by atoms with E-state index < -0.39 is 17.8 Å². The van der Waals surface area contributed by atoms with Crippen molar-refractivity contribution in [2.24, 2.45) is 0 Å². The summed E-state index contributed by atoms with van der Waals surface area (Å²) < 4.78 is 39.3. The van der Waals surface area contributed by atoms with Crippen molar-refractivity contribution in [1.82, 2.24) is 14.5 Å². The van der Waals surface area contributed by atoms with Gasteiger partial charge in [-0.15, -0.1) is 0 Å². The fraction of sp³-hybridized carbons (Fsp3) is 0.600. The molecule has 0 atom stereocenters. The lowest BCUT2D eigenvalue weighted by molar-refractivity contribution is -0.147. The lowest BCUT2D eigenvalue weighted by atomic mass is 10.2. The Bertz CT molecular complexity index is 464. The van der Waals surface area contributed by atoms with E-state index in [2.05, 4.69) is 4.98 Å². The predicted octanol–water partition coefficient (Wildman–Crippen LogP) is 1.55. The van der Waals surface area contributed by atoms with Crippen LogP contribution in [-0.2, 0) is 19.3 Å². The zero-order valence-corrected chi connectivity index (χ0v) is 9.51. The molecule has 7 heteroatoms. The molecular weight excluding hydrogens is 235 g/mol. The molecule has 0 radical (unpaired) electrons. The minimum atomic E-state index is -4.52. The van der Waals surface area contributed by atoms with Gasteiger partial charge < -0.3 is 4.57 Å². The number of fused-ring (bicyclic) bond motifs is 1. The van der Waals surface area contributed by atoms with Gasteiger partial charge in [-0.1, -0.05) is 0 Å². The number of likely N-dealkylation sites (N-methyl/N-ethyl adjacent to an activating group) is 1. The molecule has 0 aliphatic carbocycles. The van der Waals surface area contributed by atoms with E-state index in [0.29, 0.717) is 18.8 Å². The van der Waals surface area contributed by atoms with Gasteiger partial charge in [-0.3, -0.25) is 9.69 Å². The molecule has 0 saturated heterocycles. The van der Waals surface area contributed by atoms with Crippen LogP contribution in [0.5, 0.6) is 0 Å². The maximum Gasteiger partial charge on any atom is 0.449 e. The second-order valence-corrected chi connectivity index (χ2v) is 4.17. The summed E-state index contributed by atoms with van der Waals surface area (Å²) in [4.78, 5) is 16.6. The van der Waals surface area contributed by atoms with Gasteiger partial charge >= 0.3 is 6.18 Å². The first-order chi connectivity index (χ1) is 7.80. The van der Waals surface area contributed by atoms with Gasteiger partial charge in [0.2, 0.25) is 5.82 Å². The van der Waals surface area contributed by atoms with Crippen LogP contribution in [0.25, 0.3) is 0 Å². The van der Waals surface area contributed by atoms with Crippen LogP contribution in [0.3, 0.4) is 0 Å². The molecule has 0 spiro atoms. The molecule has 1 aromatic rings. The zero-order valence-electron chi connectivity index (χ0n) is 9.51. The Morgan fingerprint density at radius 1 is 1.35 bits per heavy atom. The van der Waals surface area contributed by atoms with Crippen LogP contribution in [0.4, 0.5) is 13.2 Å². The molecule has 1 aliphatic heterocycles. The van der Waals surface area contributed by atoms with Crippen molar-refractivity contribution >= 4 is 5.78 Å². The third-order valence-corrected chi connectivity index (χ3v) is 2.78. The largest absolute Gasteiger partial charge is 0.449 e. The number of ketones is 1. The lowest BCUT2D eigenvalue weighted by Crippen LogP contribution is -2.32. The van der Waals surface area contributed by atoms with Crippen molar-refractivity contribution in [2.45, 2.75) is 26.2 Å². The number of carbonyl (C=O) groups is 1. The number of alkyl halides is 3. The summed E-state index contributed by atoms with van der Waals surface area (Å²) in [5.74, 6) is -1.40. The molecule has 1 aromatic heterocycles. The number of carbonyl (C=O) groups excluding carboxylic acids is 1. The number of aromatic nitrogens is 2. The molecule has 2 rings (SSSR count). The third-order valence-electron chi connectivity index (χ3n) is 2.78. The Morgan fingerprint density at radius 2 is 2.00 bits per heavy atom. The van der Waals surface area contributed by atoms with Crippen LogP contribution < -0.4 is 0 Å². The van der Waals surface area contributed by atoms with Crippen LogP contribution in [0, 0.1) is 0 Å². The van der Waals surface area contributed by atoms with Gasteiger partial charge in [-0.2, -0.15) is 13.2 Å². The molecular formula is C10H12F3N3O. The number of hydrogen-bond acceptors (Lipinski definition) is 3. The fourth-order valence-electron chi connectivity index (χ4n) is 1.99. The average Bonchev–Trinajstić information content (AvgIpc) is 2.55. The summed E-state index contributed by atoms with van der Waals surface area (Å²) in [5.41, 5.74) is 0.294. The molecule has 0 unspecified atom stereocenters. The normalized spacial score (nSPS) is 17.0. The van der Waals surface area contributed by atoms with E-state index >= 15 is 0 Å². The van der Waals surface area contributed by atoms with E-state index in [4.69, 9.17) is 0 Å². The Hall–Kier alpha value is -1.37. The van der Waals surface area contributed by atoms with Crippen LogP contribution in [0.15, 0.2) is 0 Å². The summed E-state index contributed by atoms with van der Waals surface area (Å²) in [6.07, 6.45) is -4.52.